The molecule has 2 N–H and O–H groups in total. The number of hydrogen-bond donors (Lipinski definition) is 2. The van der Waals surface area contributed by atoms with Crippen LogP contribution in [0.3, 0.4) is 0 Å². The number of amides is 1. The highest BCUT2D eigenvalue weighted by atomic mass is 19.4. The van der Waals surface area contributed by atoms with Crippen molar-refractivity contribution in [1.82, 2.24) is 20.3 Å². The van der Waals surface area contributed by atoms with Crippen LogP contribution in [0.25, 0.3) is 0 Å². The molecule has 2 heterocycles. The maximum absolute atomic E-state index is 12.3. The number of alkyl halides is 3. The van der Waals surface area contributed by atoms with Gasteiger partial charge in [-0.15, -0.1) is 13.2 Å². The fourth-order valence-corrected chi connectivity index (χ4v) is 4.00. The Morgan fingerprint density at radius 1 is 1.11 bits per heavy atom. The van der Waals surface area contributed by atoms with Gasteiger partial charge in [0.05, 0.1) is 12.7 Å². The molecule has 196 valence electrons. The molecule has 3 aromatic rings. The molecular weight excluding hydrogens is 489 g/mol. The van der Waals surface area contributed by atoms with Gasteiger partial charge in [-0.05, 0) is 55.2 Å². The minimum atomic E-state index is -4.71. The quantitative estimate of drug-likeness (QED) is 0.455. The normalized spacial score (nSPS) is 14.4. The van der Waals surface area contributed by atoms with Gasteiger partial charge < -0.3 is 25.0 Å². The highest BCUT2D eigenvalue weighted by molar-refractivity contribution is 5.97. The first kappa shape index (κ1) is 26.1. The Morgan fingerprint density at radius 3 is 2.51 bits per heavy atom. The zero-order valence-electron chi connectivity index (χ0n) is 20.4. The second-order valence-electron chi connectivity index (χ2n) is 8.48. The summed E-state index contributed by atoms with van der Waals surface area (Å²) in [6.45, 7) is 3.51. The minimum Gasteiger partial charge on any atom is -0.406 e. The van der Waals surface area contributed by atoms with Gasteiger partial charge in [0.15, 0.2) is 0 Å². The maximum atomic E-state index is 12.3. The highest BCUT2D eigenvalue weighted by Crippen LogP contribution is 2.25. The lowest BCUT2D eigenvalue weighted by atomic mass is 10.1. The van der Waals surface area contributed by atoms with Crippen LogP contribution in [0.1, 0.15) is 34.3 Å². The number of nitrogens with one attached hydrogen (secondary N) is 2. The molecule has 2 aromatic carbocycles. The number of aromatic nitrogens is 3. The summed E-state index contributed by atoms with van der Waals surface area (Å²) in [7, 11) is 1.59. The van der Waals surface area contributed by atoms with Crippen LogP contribution in [0.2, 0.25) is 0 Å². The lowest BCUT2D eigenvalue weighted by Crippen LogP contribution is -2.38. The summed E-state index contributed by atoms with van der Waals surface area (Å²) in [6.07, 6.45) is -1.76. The van der Waals surface area contributed by atoms with Crippen molar-refractivity contribution >= 4 is 23.5 Å². The van der Waals surface area contributed by atoms with Crippen molar-refractivity contribution in [3.63, 3.8) is 0 Å². The van der Waals surface area contributed by atoms with Crippen molar-refractivity contribution in [3.8, 4) is 5.75 Å². The summed E-state index contributed by atoms with van der Waals surface area (Å²) in [6, 6.07) is 11.1. The number of halogens is 3. The molecule has 1 aliphatic rings. The molecule has 1 amide bonds. The first-order valence-electron chi connectivity index (χ1n) is 11.7. The number of carbonyl (C=O) groups excluding carboxylic acids is 1. The van der Waals surface area contributed by atoms with Crippen LogP contribution in [0.15, 0.2) is 48.8 Å². The van der Waals surface area contributed by atoms with Gasteiger partial charge >= 0.3 is 6.36 Å². The number of hydrogen-bond acceptors (Lipinski definition) is 8. The Bertz CT molecular complexity index is 1220. The van der Waals surface area contributed by atoms with Gasteiger partial charge in [0, 0.05) is 31.4 Å². The lowest BCUT2D eigenvalue weighted by Gasteiger charge is -2.32. The largest absolute Gasteiger partial charge is 0.573 e. The van der Waals surface area contributed by atoms with E-state index in [-0.39, 0.29) is 17.8 Å². The smallest absolute Gasteiger partial charge is 0.406 e. The van der Waals surface area contributed by atoms with E-state index in [9.17, 15) is 18.0 Å². The van der Waals surface area contributed by atoms with Crippen LogP contribution in [0.4, 0.5) is 30.8 Å². The van der Waals surface area contributed by atoms with Gasteiger partial charge in [0.1, 0.15) is 12.1 Å². The molecule has 1 saturated heterocycles. The van der Waals surface area contributed by atoms with Gasteiger partial charge in [-0.2, -0.15) is 4.98 Å². The number of nitrogens with zero attached hydrogens (tertiary/aromatic N) is 4. The summed E-state index contributed by atoms with van der Waals surface area (Å²) in [5.41, 5.74) is 2.84. The van der Waals surface area contributed by atoms with E-state index in [0.29, 0.717) is 37.2 Å². The van der Waals surface area contributed by atoms with E-state index in [0.717, 1.165) is 29.7 Å². The summed E-state index contributed by atoms with van der Waals surface area (Å²) in [4.78, 5) is 27.2. The van der Waals surface area contributed by atoms with E-state index >= 15 is 0 Å². The SMILES string of the molecule is CNC(=O)c1cccc(Nc2ncnc(N3CCC(OCc4ccc(OC(F)(F)F)cc4)CC3)n2)c1C. The molecule has 0 bridgehead atoms. The first-order valence-corrected chi connectivity index (χ1v) is 11.7. The van der Waals surface area contributed by atoms with Gasteiger partial charge in [-0.25, -0.2) is 9.97 Å². The number of piperidine rings is 1. The van der Waals surface area contributed by atoms with Crippen molar-refractivity contribution in [2.75, 3.05) is 30.4 Å². The van der Waals surface area contributed by atoms with E-state index in [4.69, 9.17) is 4.74 Å². The molecule has 1 aliphatic heterocycles. The predicted molar refractivity (Wildman–Crippen MR) is 131 cm³/mol. The molecule has 4 rings (SSSR count). The Morgan fingerprint density at radius 2 is 1.84 bits per heavy atom. The van der Waals surface area contributed by atoms with Crippen molar-refractivity contribution in [2.45, 2.75) is 38.8 Å². The Kier molecular flexibility index (Phi) is 8.07. The Balaban J connectivity index is 1.30. The first-order chi connectivity index (χ1) is 17.7. The van der Waals surface area contributed by atoms with Gasteiger partial charge in [0.2, 0.25) is 11.9 Å². The molecule has 0 atom stereocenters. The summed E-state index contributed by atoms with van der Waals surface area (Å²) >= 11 is 0. The summed E-state index contributed by atoms with van der Waals surface area (Å²) in [5, 5.41) is 5.80. The second kappa shape index (κ2) is 11.4. The lowest BCUT2D eigenvalue weighted by molar-refractivity contribution is -0.274. The average Bonchev–Trinajstić information content (AvgIpc) is 2.89. The number of benzene rings is 2. The monoisotopic (exact) mass is 516 g/mol. The van der Waals surface area contributed by atoms with E-state index in [2.05, 4.69) is 30.3 Å². The van der Waals surface area contributed by atoms with E-state index < -0.39 is 6.36 Å². The van der Waals surface area contributed by atoms with Crippen LogP contribution >= 0.6 is 0 Å². The maximum Gasteiger partial charge on any atom is 0.573 e. The zero-order valence-corrected chi connectivity index (χ0v) is 20.4. The summed E-state index contributed by atoms with van der Waals surface area (Å²) in [5.74, 6) is 0.481. The van der Waals surface area contributed by atoms with Crippen LogP contribution < -0.4 is 20.3 Å². The molecule has 12 heteroatoms. The minimum absolute atomic E-state index is 0.0110. The highest BCUT2D eigenvalue weighted by Gasteiger charge is 2.31. The van der Waals surface area contributed by atoms with Gasteiger partial charge in [0.25, 0.3) is 5.91 Å². The molecule has 9 nitrogen and oxygen atoms in total. The topological polar surface area (TPSA) is 102 Å². The Labute approximate surface area is 212 Å². The molecule has 0 spiro atoms. The number of anilines is 3. The third-order valence-electron chi connectivity index (χ3n) is 5.98. The number of rotatable bonds is 8. The van der Waals surface area contributed by atoms with Crippen LogP contribution in [0.5, 0.6) is 5.75 Å². The third-order valence-corrected chi connectivity index (χ3v) is 5.98. The van der Waals surface area contributed by atoms with Crippen LogP contribution in [-0.2, 0) is 11.3 Å². The number of ether oxygens (including phenoxy) is 2. The summed E-state index contributed by atoms with van der Waals surface area (Å²) < 4.78 is 46.7. The van der Waals surface area contributed by atoms with E-state index in [1.54, 1.807) is 31.3 Å². The number of carbonyl (C=O) groups is 1. The fourth-order valence-electron chi connectivity index (χ4n) is 4.00. The van der Waals surface area contributed by atoms with Crippen molar-refractivity contribution in [1.29, 1.82) is 0 Å². The predicted octanol–water partition coefficient (Wildman–Crippen LogP) is 4.37. The van der Waals surface area contributed by atoms with Gasteiger partial charge in [-0.3, -0.25) is 4.79 Å². The Hall–Kier alpha value is -3.93. The molecule has 0 aliphatic carbocycles. The second-order valence-corrected chi connectivity index (χ2v) is 8.48. The van der Waals surface area contributed by atoms with Crippen molar-refractivity contribution in [3.05, 3.63) is 65.5 Å². The fraction of sp³-hybridized carbons (Fsp3) is 0.360. The van der Waals surface area contributed by atoms with E-state index in [1.807, 2.05) is 17.9 Å². The van der Waals surface area contributed by atoms with E-state index in [1.165, 1.54) is 18.5 Å². The average molecular weight is 517 g/mol. The van der Waals surface area contributed by atoms with Crippen LogP contribution in [0, 0.1) is 6.92 Å². The molecule has 1 fully saturated rings. The molecular formula is C25H27F3N6O3. The van der Waals surface area contributed by atoms with Gasteiger partial charge in [-0.1, -0.05) is 18.2 Å². The van der Waals surface area contributed by atoms with Crippen molar-refractivity contribution in [2.24, 2.45) is 0 Å². The zero-order chi connectivity index (χ0) is 26.4. The van der Waals surface area contributed by atoms with Crippen molar-refractivity contribution < 1.29 is 27.4 Å². The standard InChI is InChI=1S/C25H27F3N6O3/c1-16-20(22(35)29-2)4-3-5-21(16)32-23-30-15-31-24(33-23)34-12-10-18(11-13-34)36-14-17-6-8-19(9-7-17)37-25(26,27)28/h3-9,15,18H,10-14H2,1-2H3,(H,29,35)(H,30,31,32,33). The third kappa shape index (κ3) is 7.06. The molecule has 37 heavy (non-hydrogen) atoms. The molecule has 0 saturated carbocycles. The molecule has 1 aromatic heterocycles. The molecule has 0 unspecified atom stereocenters. The van der Waals surface area contributed by atoms with Crippen LogP contribution in [-0.4, -0.2) is 53.5 Å². The molecule has 0 radical (unpaired) electrons.